The van der Waals surface area contributed by atoms with Crippen molar-refractivity contribution in [3.63, 3.8) is 0 Å². The normalized spacial score (nSPS) is 12.6. The van der Waals surface area contributed by atoms with E-state index in [4.69, 9.17) is 29.8 Å². The number of carboxylic acids is 1. The van der Waals surface area contributed by atoms with E-state index < -0.39 is 23.0 Å². The molecule has 0 heterocycles. The second-order valence-electron chi connectivity index (χ2n) is 6.42. The van der Waals surface area contributed by atoms with Crippen LogP contribution in [0.5, 0.6) is 0 Å². The van der Waals surface area contributed by atoms with Gasteiger partial charge in [-0.2, -0.15) is 9.78 Å². The Kier molecular flexibility index (Phi) is 10.8. The number of rotatable bonds is 7. The van der Waals surface area contributed by atoms with Crippen LogP contribution in [0.1, 0.15) is 54.9 Å². The third-order valence-electron chi connectivity index (χ3n) is 1.74. The van der Waals surface area contributed by atoms with Crippen molar-refractivity contribution in [1.82, 2.24) is 0 Å². The Labute approximate surface area is 131 Å². The summed E-state index contributed by atoms with van der Waals surface area (Å²) < 4.78 is 0. The minimum Gasteiger partial charge on any atom is -0.477 e. The second-order valence-corrected chi connectivity index (χ2v) is 6.42. The summed E-state index contributed by atoms with van der Waals surface area (Å²) in [5, 5.41) is 24.5. The van der Waals surface area contributed by atoms with Crippen LogP contribution in [-0.2, 0) is 24.3 Å². The first-order valence-electron chi connectivity index (χ1n) is 7.02. The molecule has 0 radical (unpaired) electrons. The van der Waals surface area contributed by atoms with E-state index in [1.54, 1.807) is 48.5 Å². The van der Waals surface area contributed by atoms with E-state index in [2.05, 4.69) is 0 Å². The molecule has 0 atom stereocenters. The number of aliphatic hydroxyl groups excluding tert-OH is 2. The van der Waals surface area contributed by atoms with Gasteiger partial charge in [-0.05, 0) is 41.5 Å². The van der Waals surface area contributed by atoms with Gasteiger partial charge in [0.05, 0.1) is 24.4 Å². The van der Waals surface area contributed by atoms with Crippen molar-refractivity contribution in [2.24, 2.45) is 0 Å². The fourth-order valence-corrected chi connectivity index (χ4v) is 0.739. The maximum Gasteiger partial charge on any atom is 0.370 e. The van der Waals surface area contributed by atoms with Gasteiger partial charge >= 0.3 is 11.8 Å². The van der Waals surface area contributed by atoms with E-state index in [0.29, 0.717) is 0 Å². The van der Waals surface area contributed by atoms with Crippen LogP contribution in [0, 0.1) is 0 Å². The van der Waals surface area contributed by atoms with Crippen molar-refractivity contribution >= 4 is 5.97 Å². The molecule has 0 fully saturated rings. The van der Waals surface area contributed by atoms with Gasteiger partial charge in [0.25, 0.3) is 0 Å². The smallest absolute Gasteiger partial charge is 0.370 e. The quantitative estimate of drug-likeness (QED) is 0.367. The maximum absolute atomic E-state index is 11.3. The Morgan fingerprint density at radius 1 is 0.818 bits per heavy atom. The number of aliphatic carboxylic acids is 1. The predicted molar refractivity (Wildman–Crippen MR) is 78.7 cm³/mol. The van der Waals surface area contributed by atoms with Gasteiger partial charge in [-0.15, -0.1) is 0 Å². The Morgan fingerprint density at radius 2 is 1.14 bits per heavy atom. The summed E-state index contributed by atoms with van der Waals surface area (Å²) >= 11 is 0. The van der Waals surface area contributed by atoms with Crippen molar-refractivity contribution in [3.05, 3.63) is 0 Å². The van der Waals surface area contributed by atoms with Crippen molar-refractivity contribution in [1.29, 1.82) is 0 Å². The highest BCUT2D eigenvalue weighted by molar-refractivity contribution is 5.75. The van der Waals surface area contributed by atoms with Crippen LogP contribution in [0.4, 0.5) is 0 Å². The van der Waals surface area contributed by atoms with Gasteiger partial charge in [0, 0.05) is 6.42 Å². The minimum atomic E-state index is -1.97. The van der Waals surface area contributed by atoms with Gasteiger partial charge in [-0.1, -0.05) is 6.92 Å². The number of carbonyl (C=O) groups is 1. The minimum absolute atomic E-state index is 0.0362. The van der Waals surface area contributed by atoms with E-state index in [-0.39, 0.29) is 19.6 Å². The van der Waals surface area contributed by atoms with Crippen LogP contribution >= 0.6 is 0 Å². The molecular weight excluding hydrogens is 296 g/mol. The Bertz CT molecular complexity index is 283. The third kappa shape index (κ3) is 11.8. The summed E-state index contributed by atoms with van der Waals surface area (Å²) in [5.41, 5.74) is -1.30. The molecule has 8 heteroatoms. The van der Waals surface area contributed by atoms with Crippen LogP contribution in [0.15, 0.2) is 0 Å². The molecule has 0 bridgehead atoms. The maximum atomic E-state index is 11.3. The van der Waals surface area contributed by atoms with Crippen molar-refractivity contribution in [2.45, 2.75) is 71.9 Å². The molecule has 0 aromatic heterocycles. The summed E-state index contributed by atoms with van der Waals surface area (Å²) in [6.07, 6.45) is 0.0362. The molecule has 0 saturated carbocycles. The molecule has 0 amide bonds. The molecule has 0 aromatic carbocycles. The molecule has 0 aliphatic carbocycles. The molecule has 0 aromatic rings. The standard InChI is InChI=1S/C12H24O6.C2H6O2/c1-8-12(9(13)14,17-15-10(2,3)4)18-16-11(5,6)7;3-1-2-4/h8H2,1-7H3,(H,13,14);3-4H,1-2H2. The van der Waals surface area contributed by atoms with E-state index in [1.165, 1.54) is 0 Å². The Hall–Kier alpha value is -0.770. The van der Waals surface area contributed by atoms with E-state index in [9.17, 15) is 9.90 Å². The van der Waals surface area contributed by atoms with Gasteiger partial charge in [0.1, 0.15) is 0 Å². The Morgan fingerprint density at radius 3 is 1.27 bits per heavy atom. The van der Waals surface area contributed by atoms with Gasteiger partial charge < -0.3 is 15.3 Å². The first-order chi connectivity index (χ1) is 9.83. The highest BCUT2D eigenvalue weighted by Gasteiger charge is 2.45. The lowest BCUT2D eigenvalue weighted by Gasteiger charge is -2.31. The third-order valence-corrected chi connectivity index (χ3v) is 1.74. The van der Waals surface area contributed by atoms with Crippen LogP contribution in [-0.4, -0.2) is 51.5 Å². The number of hydrogen-bond donors (Lipinski definition) is 3. The highest BCUT2D eigenvalue weighted by Crippen LogP contribution is 2.25. The zero-order chi connectivity index (χ0) is 18.0. The zero-order valence-corrected chi connectivity index (χ0v) is 14.5. The molecular formula is C14H30O8. The molecule has 0 aliphatic heterocycles. The van der Waals surface area contributed by atoms with Gasteiger partial charge in [0.2, 0.25) is 0 Å². The lowest BCUT2D eigenvalue weighted by Crippen LogP contribution is -2.47. The summed E-state index contributed by atoms with van der Waals surface area (Å²) in [6.45, 7) is 11.8. The largest absolute Gasteiger partial charge is 0.477 e. The molecule has 0 aliphatic rings. The van der Waals surface area contributed by atoms with Gasteiger partial charge in [-0.3, -0.25) is 0 Å². The Balaban J connectivity index is 0. The fraction of sp³-hybridized carbons (Fsp3) is 0.929. The molecule has 0 spiro atoms. The topological polar surface area (TPSA) is 115 Å². The van der Waals surface area contributed by atoms with E-state index in [0.717, 1.165) is 0 Å². The summed E-state index contributed by atoms with van der Waals surface area (Å²) in [5.74, 6) is -3.28. The van der Waals surface area contributed by atoms with Crippen LogP contribution in [0.2, 0.25) is 0 Å². The average Bonchev–Trinajstić information content (AvgIpc) is 2.37. The lowest BCUT2D eigenvalue weighted by atomic mass is 10.2. The van der Waals surface area contributed by atoms with Crippen LogP contribution in [0.3, 0.4) is 0 Å². The zero-order valence-electron chi connectivity index (χ0n) is 14.5. The SMILES string of the molecule is CCC(OOC(C)(C)C)(OOC(C)(C)C)C(=O)O.OCCO. The van der Waals surface area contributed by atoms with E-state index >= 15 is 0 Å². The van der Waals surface area contributed by atoms with Crippen LogP contribution in [0.25, 0.3) is 0 Å². The average molecular weight is 326 g/mol. The van der Waals surface area contributed by atoms with E-state index in [1.807, 2.05) is 0 Å². The van der Waals surface area contributed by atoms with Crippen LogP contribution < -0.4 is 0 Å². The number of hydrogen-bond acceptors (Lipinski definition) is 7. The molecule has 0 saturated heterocycles. The van der Waals surface area contributed by atoms with Crippen molar-refractivity contribution in [2.75, 3.05) is 13.2 Å². The van der Waals surface area contributed by atoms with Crippen molar-refractivity contribution in [3.8, 4) is 0 Å². The molecule has 134 valence electrons. The fourth-order valence-electron chi connectivity index (χ4n) is 0.739. The monoisotopic (exact) mass is 326 g/mol. The number of aliphatic hydroxyl groups is 2. The first-order valence-corrected chi connectivity index (χ1v) is 7.02. The molecule has 22 heavy (non-hydrogen) atoms. The molecule has 3 N–H and O–H groups in total. The van der Waals surface area contributed by atoms with Gasteiger partial charge in [0.15, 0.2) is 0 Å². The first kappa shape index (κ1) is 23.5. The van der Waals surface area contributed by atoms with Crippen molar-refractivity contribution < 1.29 is 39.7 Å². The molecule has 8 nitrogen and oxygen atoms in total. The summed E-state index contributed by atoms with van der Waals surface area (Å²) in [6, 6.07) is 0. The molecule has 0 unspecified atom stereocenters. The lowest BCUT2D eigenvalue weighted by molar-refractivity contribution is -0.527. The summed E-state index contributed by atoms with van der Waals surface area (Å²) in [7, 11) is 0. The molecule has 0 rings (SSSR count). The predicted octanol–water partition coefficient (Wildman–Crippen LogP) is 1.64. The number of carboxylic acid groups (broad SMARTS) is 1. The summed E-state index contributed by atoms with van der Waals surface area (Å²) in [4.78, 5) is 31.2. The highest BCUT2D eigenvalue weighted by atomic mass is 17.3. The second kappa shape index (κ2) is 10.1. The van der Waals surface area contributed by atoms with Gasteiger partial charge in [-0.25, -0.2) is 14.6 Å².